The minimum Gasteiger partial charge on any atom is -0.301 e. The van der Waals surface area contributed by atoms with Crippen LogP contribution < -0.4 is 5.32 Å². The van der Waals surface area contributed by atoms with Crippen molar-refractivity contribution in [2.24, 2.45) is 0 Å². The van der Waals surface area contributed by atoms with Crippen LogP contribution in [0.1, 0.15) is 37.3 Å². The fourth-order valence-corrected chi connectivity index (χ4v) is 2.38. The molecule has 4 nitrogen and oxygen atoms in total. The minimum absolute atomic E-state index is 0.0178. The summed E-state index contributed by atoms with van der Waals surface area (Å²) >= 11 is 11.8. The van der Waals surface area contributed by atoms with Crippen molar-refractivity contribution in [1.82, 2.24) is 20.5 Å². The molecule has 1 aromatic carbocycles. The molecule has 0 aliphatic rings. The third-order valence-electron chi connectivity index (χ3n) is 2.85. The largest absolute Gasteiger partial charge is 0.301 e. The van der Waals surface area contributed by atoms with Crippen LogP contribution in [0.5, 0.6) is 0 Å². The van der Waals surface area contributed by atoms with Crippen LogP contribution in [0.25, 0.3) is 0 Å². The van der Waals surface area contributed by atoms with Gasteiger partial charge in [-0.2, -0.15) is 5.10 Å². The predicted molar refractivity (Wildman–Crippen MR) is 72.8 cm³/mol. The van der Waals surface area contributed by atoms with Crippen LogP contribution >= 0.6 is 23.2 Å². The van der Waals surface area contributed by atoms with E-state index in [-0.39, 0.29) is 17.1 Å². The minimum atomic E-state index is -0.484. The maximum absolute atomic E-state index is 13.5. The molecule has 102 valence electrons. The van der Waals surface area contributed by atoms with Crippen LogP contribution in [0.3, 0.4) is 0 Å². The molecule has 0 saturated heterocycles. The first-order chi connectivity index (χ1) is 8.99. The zero-order valence-corrected chi connectivity index (χ0v) is 11.9. The third kappa shape index (κ3) is 3.23. The van der Waals surface area contributed by atoms with Crippen LogP contribution in [0.4, 0.5) is 4.39 Å². The smallest absolute Gasteiger partial charge is 0.142 e. The maximum Gasteiger partial charge on any atom is 0.142 e. The van der Waals surface area contributed by atoms with Gasteiger partial charge in [0.15, 0.2) is 0 Å². The van der Waals surface area contributed by atoms with Gasteiger partial charge in [0.05, 0.1) is 11.1 Å². The number of aromatic amines is 1. The maximum atomic E-state index is 13.5. The number of benzene rings is 1. The summed E-state index contributed by atoms with van der Waals surface area (Å²) in [6.45, 7) is 3.82. The molecule has 0 amide bonds. The summed E-state index contributed by atoms with van der Waals surface area (Å²) in [5, 5.41) is 10.3. The summed E-state index contributed by atoms with van der Waals surface area (Å²) in [4.78, 5) is 4.06. The van der Waals surface area contributed by atoms with Crippen molar-refractivity contribution in [3.05, 3.63) is 45.7 Å². The average Bonchev–Trinajstić information content (AvgIpc) is 2.87. The lowest BCUT2D eigenvalue weighted by Gasteiger charge is -2.20. The quantitative estimate of drug-likeness (QED) is 0.847. The van der Waals surface area contributed by atoms with Gasteiger partial charge in [-0.05, 0) is 31.5 Å². The molecule has 2 rings (SSSR count). The highest BCUT2D eigenvalue weighted by Gasteiger charge is 2.17. The van der Waals surface area contributed by atoms with Crippen molar-refractivity contribution in [3.8, 4) is 0 Å². The lowest BCUT2D eigenvalue weighted by atomic mass is 10.1. The van der Waals surface area contributed by atoms with Gasteiger partial charge < -0.3 is 5.32 Å². The highest BCUT2D eigenvalue weighted by molar-refractivity contribution is 6.35. The van der Waals surface area contributed by atoms with Gasteiger partial charge in [-0.15, -0.1) is 0 Å². The molecule has 0 radical (unpaired) electrons. The molecule has 0 aliphatic heterocycles. The predicted octanol–water partition coefficient (Wildman–Crippen LogP) is 3.66. The number of hydrogen-bond donors (Lipinski definition) is 2. The number of hydrogen-bond acceptors (Lipinski definition) is 3. The number of nitrogens with zero attached hydrogens (tertiary/aromatic N) is 2. The Morgan fingerprint density at radius 1 is 1.21 bits per heavy atom. The van der Waals surface area contributed by atoms with Gasteiger partial charge in [-0.1, -0.05) is 23.2 Å². The van der Waals surface area contributed by atoms with Crippen LogP contribution in [-0.4, -0.2) is 15.2 Å². The van der Waals surface area contributed by atoms with E-state index in [1.165, 1.54) is 18.5 Å². The zero-order chi connectivity index (χ0) is 14.0. The number of halogens is 3. The van der Waals surface area contributed by atoms with E-state index in [9.17, 15) is 4.39 Å². The molecule has 0 bridgehead atoms. The summed E-state index contributed by atoms with van der Waals surface area (Å²) in [7, 11) is 0. The van der Waals surface area contributed by atoms with E-state index >= 15 is 0 Å². The van der Waals surface area contributed by atoms with Gasteiger partial charge in [0.25, 0.3) is 0 Å². The van der Waals surface area contributed by atoms with Crippen molar-refractivity contribution in [2.75, 3.05) is 0 Å². The molecule has 2 atom stereocenters. The molecule has 0 aliphatic carbocycles. The Bertz CT molecular complexity index is 559. The fraction of sp³-hybridized carbons (Fsp3) is 0.333. The van der Waals surface area contributed by atoms with E-state index < -0.39 is 5.82 Å². The monoisotopic (exact) mass is 302 g/mol. The van der Waals surface area contributed by atoms with Crippen molar-refractivity contribution in [3.63, 3.8) is 0 Å². The topological polar surface area (TPSA) is 53.6 Å². The summed E-state index contributed by atoms with van der Waals surface area (Å²) < 4.78 is 13.5. The van der Waals surface area contributed by atoms with E-state index in [2.05, 4.69) is 20.5 Å². The second-order valence-electron chi connectivity index (χ2n) is 4.27. The molecule has 0 spiro atoms. The number of nitrogens with one attached hydrogen (secondary N) is 2. The van der Waals surface area contributed by atoms with E-state index in [4.69, 9.17) is 23.2 Å². The first kappa shape index (κ1) is 14.2. The molecule has 19 heavy (non-hydrogen) atoms. The number of aromatic nitrogens is 3. The van der Waals surface area contributed by atoms with E-state index in [0.717, 1.165) is 0 Å². The molecule has 1 heterocycles. The lowest BCUT2D eigenvalue weighted by molar-refractivity contribution is 0.475. The molecule has 1 aromatic heterocycles. The van der Waals surface area contributed by atoms with Crippen LogP contribution in [0.2, 0.25) is 10.0 Å². The van der Waals surface area contributed by atoms with Gasteiger partial charge >= 0.3 is 0 Å². The Labute approximate surface area is 120 Å². The van der Waals surface area contributed by atoms with Crippen LogP contribution in [0.15, 0.2) is 18.5 Å². The first-order valence-corrected chi connectivity index (χ1v) is 6.50. The van der Waals surface area contributed by atoms with Gasteiger partial charge in [0, 0.05) is 11.1 Å². The molecule has 0 saturated carbocycles. The third-order valence-corrected chi connectivity index (χ3v) is 3.47. The standard InChI is InChI=1S/C12H13Cl2FN4/c1-6(18-7(2)12-16-5-17-19-12)8-3-11(15)10(14)4-9(8)13/h3-7,18H,1-2H3,(H,16,17,19). The number of H-pyrrole nitrogens is 1. The van der Waals surface area contributed by atoms with Crippen molar-refractivity contribution in [1.29, 1.82) is 0 Å². The van der Waals surface area contributed by atoms with Gasteiger partial charge in [0.1, 0.15) is 18.0 Å². The first-order valence-electron chi connectivity index (χ1n) is 5.74. The van der Waals surface area contributed by atoms with Crippen LogP contribution in [0, 0.1) is 5.82 Å². The molecule has 2 aromatic rings. The average molecular weight is 303 g/mol. The molecule has 0 fully saturated rings. The van der Waals surface area contributed by atoms with E-state index in [0.29, 0.717) is 16.4 Å². The van der Waals surface area contributed by atoms with Crippen molar-refractivity contribution >= 4 is 23.2 Å². The lowest BCUT2D eigenvalue weighted by Crippen LogP contribution is -2.23. The van der Waals surface area contributed by atoms with E-state index in [1.807, 2.05) is 13.8 Å². The Hall–Kier alpha value is -1.17. The molecule has 2 unspecified atom stereocenters. The Kier molecular flexibility index (Phi) is 4.39. The molecule has 7 heteroatoms. The summed E-state index contributed by atoms with van der Waals surface area (Å²) in [5.41, 5.74) is 0.648. The Morgan fingerprint density at radius 3 is 2.58 bits per heavy atom. The van der Waals surface area contributed by atoms with Gasteiger partial charge in [-0.25, -0.2) is 9.37 Å². The molecular weight excluding hydrogens is 290 g/mol. The fourth-order valence-electron chi connectivity index (χ4n) is 1.84. The van der Waals surface area contributed by atoms with Gasteiger partial charge in [0.2, 0.25) is 0 Å². The normalized spacial score (nSPS) is 14.4. The van der Waals surface area contributed by atoms with Crippen molar-refractivity contribution < 1.29 is 4.39 Å². The van der Waals surface area contributed by atoms with Crippen molar-refractivity contribution in [2.45, 2.75) is 25.9 Å². The van der Waals surface area contributed by atoms with Crippen LogP contribution in [-0.2, 0) is 0 Å². The summed E-state index contributed by atoms with van der Waals surface area (Å²) in [5.74, 6) is 0.222. The Morgan fingerprint density at radius 2 is 1.95 bits per heavy atom. The SMILES string of the molecule is CC(NC(C)c1cc(F)c(Cl)cc1Cl)c1ncn[nH]1. The van der Waals surface area contributed by atoms with E-state index in [1.54, 1.807) is 0 Å². The Balaban J connectivity index is 2.16. The van der Waals surface area contributed by atoms with Gasteiger partial charge in [-0.3, -0.25) is 5.10 Å². The molecular formula is C12H13Cl2FN4. The zero-order valence-electron chi connectivity index (χ0n) is 10.4. The summed E-state index contributed by atoms with van der Waals surface area (Å²) in [6.07, 6.45) is 1.44. The second-order valence-corrected chi connectivity index (χ2v) is 5.08. The second kappa shape index (κ2) is 5.86. The molecule has 2 N–H and O–H groups in total. The summed E-state index contributed by atoms with van der Waals surface area (Å²) in [6, 6.07) is 2.53. The highest BCUT2D eigenvalue weighted by atomic mass is 35.5. The highest BCUT2D eigenvalue weighted by Crippen LogP contribution is 2.29. The number of rotatable bonds is 4.